The number of hydrogen-bond acceptors (Lipinski definition) is 7. The van der Waals surface area contributed by atoms with Crippen LogP contribution in [0.4, 0.5) is 0 Å². The van der Waals surface area contributed by atoms with Gasteiger partial charge >= 0.3 is 17.9 Å². The number of hydrogen-bond donors (Lipinski definition) is 0. The summed E-state index contributed by atoms with van der Waals surface area (Å²) in [4.78, 5) is 49.8. The van der Waals surface area contributed by atoms with Gasteiger partial charge < -0.3 is 14.2 Å². The van der Waals surface area contributed by atoms with Crippen LogP contribution in [0.1, 0.15) is 92.9 Å². The Morgan fingerprint density at radius 3 is 2.20 bits per heavy atom. The van der Waals surface area contributed by atoms with E-state index >= 15 is 0 Å². The van der Waals surface area contributed by atoms with E-state index in [0.29, 0.717) is 36.0 Å². The number of carbonyl (C=O) groups excluding carboxylic acids is 4. The Kier molecular flexibility index (Phi) is 6.86. The Morgan fingerprint density at radius 1 is 0.914 bits per heavy atom. The van der Waals surface area contributed by atoms with Crippen molar-refractivity contribution in [1.82, 2.24) is 0 Å². The predicted octanol–water partition coefficient (Wildman–Crippen LogP) is 4.64. The van der Waals surface area contributed by atoms with Crippen LogP contribution in [0.25, 0.3) is 0 Å². The van der Waals surface area contributed by atoms with Crippen LogP contribution in [0.3, 0.4) is 0 Å². The van der Waals surface area contributed by atoms with Crippen LogP contribution in [-0.2, 0) is 33.4 Å². The molecular weight excluding hydrogens is 448 g/mol. The van der Waals surface area contributed by atoms with E-state index in [4.69, 9.17) is 14.2 Å². The van der Waals surface area contributed by atoms with Gasteiger partial charge in [-0.05, 0) is 66.6 Å². The first-order valence-corrected chi connectivity index (χ1v) is 13.4. The van der Waals surface area contributed by atoms with Crippen LogP contribution in [0.15, 0.2) is 0 Å². The van der Waals surface area contributed by atoms with E-state index in [2.05, 4.69) is 20.8 Å². The molecule has 0 spiro atoms. The minimum atomic E-state index is -1.36. The number of esters is 3. The Balaban J connectivity index is 1.71. The molecule has 4 aliphatic carbocycles. The third-order valence-electron chi connectivity index (χ3n) is 10.5. The number of rotatable bonds is 5. The van der Waals surface area contributed by atoms with Gasteiger partial charge in [0.15, 0.2) is 5.60 Å². The molecule has 4 fully saturated rings. The lowest BCUT2D eigenvalue weighted by molar-refractivity contribution is -0.232. The maximum atomic E-state index is 13.8. The van der Waals surface area contributed by atoms with Gasteiger partial charge in [-0.3, -0.25) is 19.2 Å². The van der Waals surface area contributed by atoms with Gasteiger partial charge in [0, 0.05) is 39.5 Å². The van der Waals surface area contributed by atoms with E-state index in [-0.39, 0.29) is 30.1 Å². The molecule has 9 atom stereocenters. The Bertz CT molecular complexity index is 898. The summed E-state index contributed by atoms with van der Waals surface area (Å²) in [7, 11) is 0. The molecule has 0 bridgehead atoms. The van der Waals surface area contributed by atoms with Crippen molar-refractivity contribution in [3.05, 3.63) is 0 Å². The summed E-state index contributed by atoms with van der Waals surface area (Å²) in [5.41, 5.74) is -1.44. The van der Waals surface area contributed by atoms with Crippen LogP contribution in [0.5, 0.6) is 0 Å². The first-order chi connectivity index (χ1) is 16.4. The van der Waals surface area contributed by atoms with E-state index in [9.17, 15) is 19.2 Å². The van der Waals surface area contributed by atoms with Gasteiger partial charge in [-0.25, -0.2) is 0 Å². The minimum absolute atomic E-state index is 0.204. The fourth-order valence-corrected chi connectivity index (χ4v) is 9.02. The lowest BCUT2D eigenvalue weighted by Crippen LogP contribution is -2.65. The lowest BCUT2D eigenvalue weighted by atomic mass is 9.43. The highest BCUT2D eigenvalue weighted by Crippen LogP contribution is 2.68. The molecule has 0 aromatic heterocycles. The summed E-state index contributed by atoms with van der Waals surface area (Å²) in [6.07, 6.45) is 6.23. The van der Waals surface area contributed by atoms with Crippen molar-refractivity contribution in [3.8, 4) is 0 Å². The number of ketones is 1. The molecule has 7 nitrogen and oxygen atoms in total. The van der Waals surface area contributed by atoms with Gasteiger partial charge in [0.1, 0.15) is 18.5 Å². The standard InChI is InChI=1S/C28H42O7/c1-7-19-8-9-21-20-12-24(32)23-13-28(35-18(4)31,15-33-16(2)29)25(34-17(3)30)14-27(23,6)22(20)10-11-26(19,21)5/h19-23,25H,7-15H2,1-6H3/t19-,20-,21-,22-,23+,25-,26+,27+,28-/m0/s1. The van der Waals surface area contributed by atoms with Crippen molar-refractivity contribution in [1.29, 1.82) is 0 Å². The van der Waals surface area contributed by atoms with E-state index in [0.717, 1.165) is 18.8 Å². The molecule has 0 heterocycles. The molecule has 0 aromatic rings. The molecular formula is C28H42O7. The summed E-state index contributed by atoms with van der Waals surface area (Å²) >= 11 is 0. The highest BCUT2D eigenvalue weighted by Gasteiger charge is 2.66. The highest BCUT2D eigenvalue weighted by molar-refractivity contribution is 5.84. The Hall–Kier alpha value is -1.92. The number of Topliss-reactive ketones (excluding diaryl/α,β-unsaturated/α-hetero) is 1. The van der Waals surface area contributed by atoms with Crippen LogP contribution in [0, 0.1) is 40.4 Å². The van der Waals surface area contributed by atoms with Gasteiger partial charge in [-0.15, -0.1) is 0 Å². The molecule has 4 saturated carbocycles. The average molecular weight is 491 g/mol. The number of fused-ring (bicyclic) bond motifs is 5. The molecule has 0 saturated heterocycles. The molecule has 35 heavy (non-hydrogen) atoms. The maximum absolute atomic E-state index is 13.8. The van der Waals surface area contributed by atoms with E-state index in [1.165, 1.54) is 40.0 Å². The lowest BCUT2D eigenvalue weighted by Gasteiger charge is -2.62. The highest BCUT2D eigenvalue weighted by atomic mass is 16.6. The van der Waals surface area contributed by atoms with Crippen LogP contribution in [0.2, 0.25) is 0 Å². The van der Waals surface area contributed by atoms with E-state index in [1.807, 2.05) is 0 Å². The molecule has 0 unspecified atom stereocenters. The quantitative estimate of drug-likeness (QED) is 0.409. The van der Waals surface area contributed by atoms with Crippen molar-refractivity contribution < 1.29 is 33.4 Å². The van der Waals surface area contributed by atoms with Crippen LogP contribution >= 0.6 is 0 Å². The molecule has 7 heteroatoms. The van der Waals surface area contributed by atoms with Gasteiger partial charge in [0.25, 0.3) is 0 Å². The molecule has 0 amide bonds. The molecule has 0 aliphatic heterocycles. The fourth-order valence-electron chi connectivity index (χ4n) is 9.02. The van der Waals surface area contributed by atoms with Crippen molar-refractivity contribution in [2.24, 2.45) is 40.4 Å². The molecule has 0 aromatic carbocycles. The first-order valence-electron chi connectivity index (χ1n) is 13.4. The fraction of sp³-hybridized carbons (Fsp3) is 0.857. The molecule has 196 valence electrons. The smallest absolute Gasteiger partial charge is 0.303 e. The predicted molar refractivity (Wildman–Crippen MR) is 128 cm³/mol. The summed E-state index contributed by atoms with van der Waals surface area (Å²) < 4.78 is 16.9. The van der Waals surface area contributed by atoms with Crippen molar-refractivity contribution in [2.45, 2.75) is 105 Å². The second-order valence-electron chi connectivity index (χ2n) is 12.3. The van der Waals surface area contributed by atoms with Gasteiger partial charge in [0.2, 0.25) is 0 Å². The number of ether oxygens (including phenoxy) is 3. The van der Waals surface area contributed by atoms with Crippen molar-refractivity contribution in [3.63, 3.8) is 0 Å². The third kappa shape index (κ3) is 4.31. The SMILES string of the molecule is CC[C@H]1CC[C@H]2[C@@H]3CC(=O)[C@H]4C[C@@](COC(C)=O)(OC(C)=O)[C@@H](OC(C)=O)C[C@]4(C)[C@H]3CC[C@]12C. The zero-order valence-electron chi connectivity index (χ0n) is 22.2. The normalized spacial score (nSPS) is 44.5. The Labute approximate surface area is 209 Å². The molecule has 4 aliphatic rings. The molecule has 0 radical (unpaired) electrons. The van der Waals surface area contributed by atoms with Gasteiger partial charge in [-0.1, -0.05) is 27.2 Å². The average Bonchev–Trinajstić information content (AvgIpc) is 3.10. The minimum Gasteiger partial charge on any atom is -0.461 e. The largest absolute Gasteiger partial charge is 0.461 e. The first kappa shape index (κ1) is 26.2. The summed E-state index contributed by atoms with van der Waals surface area (Å²) in [6, 6.07) is 0. The monoisotopic (exact) mass is 490 g/mol. The van der Waals surface area contributed by atoms with Crippen molar-refractivity contribution >= 4 is 23.7 Å². The second-order valence-corrected chi connectivity index (χ2v) is 12.3. The van der Waals surface area contributed by atoms with E-state index in [1.54, 1.807) is 0 Å². The second kappa shape index (κ2) is 9.19. The zero-order chi connectivity index (χ0) is 25.8. The van der Waals surface area contributed by atoms with Gasteiger partial charge in [0.05, 0.1) is 0 Å². The third-order valence-corrected chi connectivity index (χ3v) is 10.5. The Morgan fingerprint density at radius 2 is 1.60 bits per heavy atom. The zero-order valence-corrected chi connectivity index (χ0v) is 22.2. The number of carbonyl (C=O) groups is 4. The topological polar surface area (TPSA) is 96.0 Å². The maximum Gasteiger partial charge on any atom is 0.303 e. The van der Waals surface area contributed by atoms with Crippen LogP contribution < -0.4 is 0 Å². The van der Waals surface area contributed by atoms with Crippen LogP contribution in [-0.4, -0.2) is 42.0 Å². The molecule has 4 rings (SSSR count). The van der Waals surface area contributed by atoms with E-state index < -0.39 is 29.6 Å². The summed E-state index contributed by atoms with van der Waals surface area (Å²) in [5.74, 6) is 0.275. The van der Waals surface area contributed by atoms with Gasteiger partial charge in [-0.2, -0.15) is 0 Å². The summed E-state index contributed by atoms with van der Waals surface area (Å²) in [6.45, 7) is 10.6. The summed E-state index contributed by atoms with van der Waals surface area (Å²) in [5, 5.41) is 0. The molecule has 0 N–H and O–H groups in total. The van der Waals surface area contributed by atoms with Crippen molar-refractivity contribution in [2.75, 3.05) is 6.61 Å².